The molecule has 0 unspecified atom stereocenters. The zero-order valence-electron chi connectivity index (χ0n) is 15.4. The van der Waals surface area contributed by atoms with Gasteiger partial charge in [-0.3, -0.25) is 4.57 Å². The van der Waals surface area contributed by atoms with Gasteiger partial charge in [-0.05, 0) is 24.3 Å². The van der Waals surface area contributed by atoms with Crippen LogP contribution >= 0.6 is 11.3 Å². The minimum absolute atomic E-state index is 0.175. The van der Waals surface area contributed by atoms with Gasteiger partial charge in [-0.1, -0.05) is 0 Å². The maximum absolute atomic E-state index is 12.9. The zero-order valence-corrected chi connectivity index (χ0v) is 16.3. The molecule has 3 rings (SSSR count). The fourth-order valence-electron chi connectivity index (χ4n) is 2.63. The molecule has 0 atom stereocenters. The Labute approximate surface area is 164 Å². The third kappa shape index (κ3) is 4.34. The summed E-state index contributed by atoms with van der Waals surface area (Å²) in [5.41, 5.74) is 5.64. The Morgan fingerprint density at radius 2 is 2.07 bits per heavy atom. The Kier molecular flexibility index (Phi) is 6.00. The normalized spacial score (nSPS) is 10.9. The molecule has 0 aliphatic carbocycles. The third-order valence-corrected chi connectivity index (χ3v) is 5.31. The van der Waals surface area contributed by atoms with Crippen LogP contribution in [0.5, 0.6) is 0 Å². The van der Waals surface area contributed by atoms with Gasteiger partial charge in [-0.25, -0.2) is 14.9 Å². The summed E-state index contributed by atoms with van der Waals surface area (Å²) in [6.07, 6.45) is -0.217. The van der Waals surface area contributed by atoms with Crippen LogP contribution in [0.25, 0.3) is 10.4 Å². The highest BCUT2D eigenvalue weighted by Gasteiger charge is 2.15. The van der Waals surface area contributed by atoms with E-state index in [9.17, 15) is 13.6 Å². The topological polar surface area (TPSA) is 92.8 Å². The highest BCUT2D eigenvalue weighted by atomic mass is 32.1. The highest BCUT2D eigenvalue weighted by molar-refractivity contribution is 7.15. The van der Waals surface area contributed by atoms with Gasteiger partial charge in [0, 0.05) is 54.1 Å². The van der Waals surface area contributed by atoms with E-state index in [0.29, 0.717) is 0 Å². The second-order valence-electron chi connectivity index (χ2n) is 6.34. The predicted molar refractivity (Wildman–Crippen MR) is 106 cm³/mol. The van der Waals surface area contributed by atoms with Crippen LogP contribution in [-0.2, 0) is 13.0 Å². The van der Waals surface area contributed by atoms with Crippen LogP contribution in [-0.4, -0.2) is 40.4 Å². The summed E-state index contributed by atoms with van der Waals surface area (Å²) in [7, 11) is 3.84. The van der Waals surface area contributed by atoms with E-state index in [2.05, 4.69) is 15.2 Å². The zero-order chi connectivity index (χ0) is 20.3. The van der Waals surface area contributed by atoms with Gasteiger partial charge in [-0.15, -0.1) is 11.3 Å². The van der Waals surface area contributed by atoms with Crippen LogP contribution in [0.3, 0.4) is 0 Å². The van der Waals surface area contributed by atoms with E-state index >= 15 is 0 Å². The molecule has 0 spiro atoms. The lowest BCUT2D eigenvalue weighted by molar-refractivity contribution is 0.407. The maximum Gasteiger partial charge on any atom is 0.343 e. The second-order valence-corrected chi connectivity index (χ2v) is 7.51. The summed E-state index contributed by atoms with van der Waals surface area (Å²) < 4.78 is 27.1. The van der Waals surface area contributed by atoms with E-state index in [4.69, 9.17) is 5.73 Å². The van der Waals surface area contributed by atoms with Crippen molar-refractivity contribution in [3.05, 3.63) is 63.3 Å². The molecule has 0 saturated heterocycles. The van der Waals surface area contributed by atoms with Crippen molar-refractivity contribution in [2.45, 2.75) is 13.0 Å². The molecule has 0 amide bonds. The van der Waals surface area contributed by atoms with Gasteiger partial charge in [0.15, 0.2) is 0 Å². The summed E-state index contributed by atoms with van der Waals surface area (Å²) in [5, 5.41) is 6.19. The number of nitrogens with one attached hydrogen (secondary N) is 1. The number of thiophene rings is 1. The van der Waals surface area contributed by atoms with E-state index in [1.54, 1.807) is 6.20 Å². The predicted octanol–water partition coefficient (Wildman–Crippen LogP) is 2.46. The smallest absolute Gasteiger partial charge is 0.343 e. The first-order valence-corrected chi connectivity index (χ1v) is 9.30. The van der Waals surface area contributed by atoms with Crippen LogP contribution in [0, 0.1) is 0 Å². The van der Waals surface area contributed by atoms with Crippen LogP contribution in [0.15, 0.2) is 46.9 Å². The maximum atomic E-state index is 12.9. The average molecular weight is 406 g/mol. The summed E-state index contributed by atoms with van der Waals surface area (Å²) in [5.74, 6) is 1.09. The number of anilines is 1. The molecule has 0 aromatic carbocycles. The van der Waals surface area contributed by atoms with E-state index in [1.165, 1.54) is 15.9 Å². The van der Waals surface area contributed by atoms with Crippen molar-refractivity contribution in [1.82, 2.24) is 19.7 Å². The Hall–Kier alpha value is -2.85. The van der Waals surface area contributed by atoms with Crippen molar-refractivity contribution in [3.8, 4) is 10.4 Å². The van der Waals surface area contributed by atoms with E-state index in [1.807, 2.05) is 43.3 Å². The molecule has 3 aromatic heterocycles. The first-order valence-electron chi connectivity index (χ1n) is 8.48. The molecule has 0 aliphatic rings. The number of rotatable bonds is 7. The fourth-order valence-corrected chi connectivity index (χ4v) is 3.61. The molecule has 3 N–H and O–H groups in total. The molecule has 3 aromatic rings. The van der Waals surface area contributed by atoms with Gasteiger partial charge in [-0.2, -0.15) is 13.9 Å². The molecule has 7 nitrogen and oxygen atoms in total. The summed E-state index contributed by atoms with van der Waals surface area (Å²) >= 11 is 1.51. The van der Waals surface area contributed by atoms with Gasteiger partial charge in [0.25, 0.3) is 6.08 Å². The standard InChI is InChI=1S/C18H20F2N6OS/c1-25(2)15-6-3-11(9-22-15)14-5-4-13(28-14)10-26-16(23-24-18(26)27)7-12(8-21)17(19)20/h3-6,9H,7-8,10,21H2,1-2H3,(H,24,27). The number of pyridine rings is 1. The van der Waals surface area contributed by atoms with Gasteiger partial charge < -0.3 is 10.6 Å². The number of aromatic amines is 1. The minimum Gasteiger partial charge on any atom is -0.363 e. The Morgan fingerprint density at radius 1 is 1.29 bits per heavy atom. The van der Waals surface area contributed by atoms with Crippen LogP contribution in [0.1, 0.15) is 10.7 Å². The summed E-state index contributed by atoms with van der Waals surface area (Å²) in [6, 6.07) is 7.76. The van der Waals surface area contributed by atoms with Crippen LogP contribution in [0.4, 0.5) is 14.6 Å². The fraction of sp³-hybridized carbons (Fsp3) is 0.278. The monoisotopic (exact) mass is 406 g/mol. The number of hydrogen-bond acceptors (Lipinski definition) is 6. The molecule has 0 fully saturated rings. The van der Waals surface area contributed by atoms with Crippen LogP contribution < -0.4 is 16.3 Å². The van der Waals surface area contributed by atoms with Gasteiger partial charge >= 0.3 is 5.69 Å². The molecular weight excluding hydrogens is 386 g/mol. The summed E-state index contributed by atoms with van der Waals surface area (Å²) in [4.78, 5) is 20.3. The van der Waals surface area contributed by atoms with Gasteiger partial charge in [0.2, 0.25) is 0 Å². The third-order valence-electron chi connectivity index (χ3n) is 4.19. The molecule has 0 radical (unpaired) electrons. The molecule has 3 heterocycles. The van der Waals surface area contributed by atoms with E-state index in [-0.39, 0.29) is 30.9 Å². The van der Waals surface area contributed by atoms with Crippen LogP contribution in [0.2, 0.25) is 0 Å². The van der Waals surface area contributed by atoms with E-state index < -0.39 is 11.8 Å². The number of halogens is 2. The first-order chi connectivity index (χ1) is 13.4. The lowest BCUT2D eigenvalue weighted by Gasteiger charge is -2.10. The van der Waals surface area contributed by atoms with Crippen molar-refractivity contribution in [2.24, 2.45) is 5.73 Å². The van der Waals surface area contributed by atoms with Crippen molar-refractivity contribution in [3.63, 3.8) is 0 Å². The minimum atomic E-state index is -1.84. The molecule has 28 heavy (non-hydrogen) atoms. The van der Waals surface area contributed by atoms with Crippen molar-refractivity contribution in [1.29, 1.82) is 0 Å². The largest absolute Gasteiger partial charge is 0.363 e. The quantitative estimate of drug-likeness (QED) is 0.629. The molecular formula is C18H20F2N6OS. The number of nitrogens with two attached hydrogens (primary N) is 1. The van der Waals surface area contributed by atoms with E-state index in [0.717, 1.165) is 21.1 Å². The molecule has 148 valence electrons. The van der Waals surface area contributed by atoms with Crippen molar-refractivity contribution in [2.75, 3.05) is 25.5 Å². The summed E-state index contributed by atoms with van der Waals surface area (Å²) in [6.45, 7) is -0.0488. The number of H-pyrrole nitrogens is 1. The Bertz CT molecular complexity index is 1030. The number of nitrogens with zero attached hydrogens (tertiary/aromatic N) is 4. The number of aromatic nitrogens is 4. The van der Waals surface area contributed by atoms with Crippen molar-refractivity contribution < 1.29 is 8.78 Å². The highest BCUT2D eigenvalue weighted by Crippen LogP contribution is 2.29. The molecule has 0 saturated carbocycles. The lowest BCUT2D eigenvalue weighted by atomic mass is 10.2. The molecule has 0 bridgehead atoms. The van der Waals surface area contributed by atoms with Gasteiger partial charge in [0.1, 0.15) is 11.6 Å². The number of hydrogen-bond donors (Lipinski definition) is 2. The Balaban J connectivity index is 1.81. The molecule has 0 aliphatic heterocycles. The van der Waals surface area contributed by atoms with Gasteiger partial charge in [0.05, 0.1) is 6.54 Å². The average Bonchev–Trinajstić information content (AvgIpc) is 3.28. The second kappa shape index (κ2) is 8.44. The lowest BCUT2D eigenvalue weighted by Crippen LogP contribution is -2.20. The Morgan fingerprint density at radius 3 is 2.68 bits per heavy atom. The first kappa shape index (κ1) is 19.9. The SMILES string of the molecule is CN(C)c1ccc(-c2ccc(Cn3c(CC(CN)=C(F)F)n[nH]c3=O)s2)cn1. The molecule has 10 heteroatoms. The van der Waals surface area contributed by atoms with Crippen molar-refractivity contribution >= 4 is 17.2 Å².